The number of aromatic nitrogens is 2. The van der Waals surface area contributed by atoms with Crippen LogP contribution in [0, 0.1) is 0 Å². The van der Waals surface area contributed by atoms with Crippen LogP contribution < -0.4 is 0 Å². The molecule has 0 aliphatic heterocycles. The Balaban J connectivity index is 0.000000399. The number of hydrogen-bond donors (Lipinski definition) is 2. The summed E-state index contributed by atoms with van der Waals surface area (Å²) in [4.78, 5) is 4.06. The Labute approximate surface area is 146 Å². The van der Waals surface area contributed by atoms with Crippen molar-refractivity contribution >= 4 is 21.2 Å². The topological polar surface area (TPSA) is 102 Å². The van der Waals surface area contributed by atoms with Gasteiger partial charge in [0.05, 0.1) is 12.4 Å². The molecule has 1 heterocycles. The first-order valence-electron chi connectivity index (χ1n) is 7.54. The van der Waals surface area contributed by atoms with E-state index in [1.165, 1.54) is 16.3 Å². The van der Waals surface area contributed by atoms with E-state index >= 15 is 0 Å². The van der Waals surface area contributed by atoms with E-state index in [0.717, 1.165) is 13.0 Å². The van der Waals surface area contributed by atoms with E-state index in [4.69, 9.17) is 22.3 Å². The third-order valence-corrected chi connectivity index (χ3v) is 3.64. The van der Waals surface area contributed by atoms with Gasteiger partial charge in [0, 0.05) is 26.0 Å². The second kappa shape index (κ2) is 8.72. The van der Waals surface area contributed by atoms with Gasteiger partial charge in [0.25, 0.3) is 0 Å². The molecule has 1 unspecified atom stereocenters. The summed E-state index contributed by atoms with van der Waals surface area (Å²) in [6.45, 7) is 0.908. The lowest BCUT2D eigenvalue weighted by Gasteiger charge is -2.16. The molecule has 0 spiro atoms. The van der Waals surface area contributed by atoms with Gasteiger partial charge < -0.3 is 9.30 Å². The summed E-state index contributed by atoms with van der Waals surface area (Å²) in [5.41, 5.74) is 1.23. The summed E-state index contributed by atoms with van der Waals surface area (Å²) in [6.07, 6.45) is 6.67. The van der Waals surface area contributed by atoms with E-state index in [1.807, 2.05) is 12.5 Å². The summed E-state index contributed by atoms with van der Waals surface area (Å²) in [7, 11) is -2.90. The third-order valence-electron chi connectivity index (χ3n) is 3.64. The summed E-state index contributed by atoms with van der Waals surface area (Å²) in [6, 6.07) is 14.9. The molecule has 134 valence electrons. The van der Waals surface area contributed by atoms with Gasteiger partial charge in [0.2, 0.25) is 0 Å². The van der Waals surface area contributed by atoms with Crippen molar-refractivity contribution in [1.29, 1.82) is 0 Å². The highest BCUT2D eigenvalue weighted by Crippen LogP contribution is 2.25. The van der Waals surface area contributed by atoms with Gasteiger partial charge in [-0.05, 0) is 28.8 Å². The molecule has 0 fully saturated rings. The fourth-order valence-corrected chi connectivity index (χ4v) is 2.51. The van der Waals surface area contributed by atoms with Gasteiger partial charge in [0.1, 0.15) is 0 Å². The maximum absolute atomic E-state index is 8.74. The molecule has 0 amide bonds. The number of methoxy groups -OCH3 is 1. The summed E-state index contributed by atoms with van der Waals surface area (Å²) in [5, 5.41) is 2.52. The van der Waals surface area contributed by atoms with Crippen LogP contribution in [-0.2, 0) is 21.7 Å². The Kier molecular flexibility index (Phi) is 6.65. The van der Waals surface area contributed by atoms with Gasteiger partial charge in [-0.2, -0.15) is 8.42 Å². The Morgan fingerprint density at radius 1 is 1.16 bits per heavy atom. The number of benzene rings is 2. The minimum atomic E-state index is -4.67. The van der Waals surface area contributed by atoms with Crippen LogP contribution in [0.3, 0.4) is 0 Å². The zero-order valence-corrected chi connectivity index (χ0v) is 14.5. The van der Waals surface area contributed by atoms with E-state index in [-0.39, 0.29) is 6.10 Å². The number of rotatable bonds is 5. The Morgan fingerprint density at radius 3 is 2.44 bits per heavy atom. The van der Waals surface area contributed by atoms with Gasteiger partial charge in [-0.1, -0.05) is 36.4 Å². The first kappa shape index (κ1) is 19.1. The van der Waals surface area contributed by atoms with Crippen molar-refractivity contribution in [2.75, 3.05) is 7.11 Å². The molecule has 1 aromatic heterocycles. The van der Waals surface area contributed by atoms with Crippen LogP contribution in [0.25, 0.3) is 10.8 Å². The lowest BCUT2D eigenvalue weighted by atomic mass is 10.0. The number of nitrogens with zero attached hydrogens (tertiary/aromatic N) is 2. The number of aryl methyl sites for hydroxylation is 1. The molecule has 7 nitrogen and oxygen atoms in total. The second-order valence-corrected chi connectivity index (χ2v) is 6.26. The van der Waals surface area contributed by atoms with Gasteiger partial charge in [-0.3, -0.25) is 9.11 Å². The maximum atomic E-state index is 8.74. The van der Waals surface area contributed by atoms with Crippen molar-refractivity contribution in [2.24, 2.45) is 0 Å². The van der Waals surface area contributed by atoms with Crippen LogP contribution in [0.1, 0.15) is 18.1 Å². The van der Waals surface area contributed by atoms with Crippen molar-refractivity contribution in [3.63, 3.8) is 0 Å². The smallest absolute Gasteiger partial charge is 0.377 e. The van der Waals surface area contributed by atoms with Crippen LogP contribution in [-0.4, -0.2) is 34.2 Å². The summed E-state index contributed by atoms with van der Waals surface area (Å²) in [5.74, 6) is 0. The van der Waals surface area contributed by atoms with Crippen LogP contribution >= 0.6 is 0 Å². The van der Waals surface area contributed by atoms with Gasteiger partial charge in [-0.15, -0.1) is 0 Å². The Hall–Kier alpha value is -2.26. The molecule has 2 aromatic carbocycles. The number of ether oxygens (including phenoxy) is 1. The molecule has 0 radical (unpaired) electrons. The van der Waals surface area contributed by atoms with Crippen LogP contribution in [0.2, 0.25) is 0 Å². The molecule has 3 rings (SSSR count). The highest BCUT2D eigenvalue weighted by molar-refractivity contribution is 7.79. The summed E-state index contributed by atoms with van der Waals surface area (Å²) >= 11 is 0. The van der Waals surface area contributed by atoms with Crippen molar-refractivity contribution in [1.82, 2.24) is 9.55 Å². The second-order valence-electron chi connectivity index (χ2n) is 5.37. The monoisotopic (exact) mass is 364 g/mol. The molecule has 2 N–H and O–H groups in total. The molecule has 3 aromatic rings. The SMILES string of the molecule is COC(CCn1ccnc1)c1ccc2ccccc2c1.O=S(=O)(O)O. The van der Waals surface area contributed by atoms with Crippen molar-refractivity contribution in [3.05, 3.63) is 66.7 Å². The molecule has 0 saturated carbocycles. The van der Waals surface area contributed by atoms with Crippen molar-refractivity contribution < 1.29 is 22.3 Å². The molecule has 0 aliphatic carbocycles. The van der Waals surface area contributed by atoms with Crippen LogP contribution in [0.4, 0.5) is 0 Å². The first-order valence-corrected chi connectivity index (χ1v) is 8.93. The van der Waals surface area contributed by atoms with Gasteiger partial charge in [-0.25, -0.2) is 4.98 Å². The van der Waals surface area contributed by atoms with Crippen LogP contribution in [0.15, 0.2) is 61.2 Å². The fourth-order valence-electron chi connectivity index (χ4n) is 2.51. The minimum Gasteiger partial charge on any atom is -0.377 e. The van der Waals surface area contributed by atoms with E-state index in [9.17, 15) is 0 Å². The molecular weight excluding hydrogens is 344 g/mol. The molecule has 0 bridgehead atoms. The molecule has 8 heteroatoms. The number of fused-ring (bicyclic) bond motifs is 1. The normalized spacial score (nSPS) is 12.4. The Bertz CT molecular complexity index is 886. The molecule has 0 saturated heterocycles. The van der Waals surface area contributed by atoms with E-state index in [1.54, 1.807) is 13.3 Å². The quantitative estimate of drug-likeness (QED) is 0.674. The predicted octanol–water partition coefficient (Wildman–Crippen LogP) is 3.16. The first-order chi connectivity index (χ1) is 11.9. The van der Waals surface area contributed by atoms with Crippen molar-refractivity contribution in [2.45, 2.75) is 19.1 Å². The standard InChI is InChI=1S/C17H18N2O.H2O4S/c1-20-17(8-10-19-11-9-18-13-19)16-7-6-14-4-2-3-5-15(14)12-16;1-5(2,3)4/h2-7,9,11-13,17H,8,10H2,1H3;(H2,1,2,3,4). The third kappa shape index (κ3) is 6.63. The zero-order chi connectivity index (χ0) is 18.3. The number of hydrogen-bond acceptors (Lipinski definition) is 4. The predicted molar refractivity (Wildman–Crippen MR) is 94.7 cm³/mol. The lowest BCUT2D eigenvalue weighted by molar-refractivity contribution is 0.0917. The van der Waals surface area contributed by atoms with Gasteiger partial charge >= 0.3 is 10.4 Å². The van der Waals surface area contributed by atoms with E-state index < -0.39 is 10.4 Å². The minimum absolute atomic E-state index is 0.113. The molecule has 25 heavy (non-hydrogen) atoms. The molecular formula is C17H20N2O5S. The fraction of sp³-hybridized carbons (Fsp3) is 0.235. The largest absolute Gasteiger partial charge is 0.394 e. The van der Waals surface area contributed by atoms with E-state index in [0.29, 0.717) is 0 Å². The lowest BCUT2D eigenvalue weighted by Crippen LogP contribution is -2.06. The van der Waals surface area contributed by atoms with E-state index in [2.05, 4.69) is 52.0 Å². The van der Waals surface area contributed by atoms with Gasteiger partial charge in [0.15, 0.2) is 0 Å². The summed E-state index contributed by atoms with van der Waals surface area (Å²) < 4.78 is 39.3. The highest BCUT2D eigenvalue weighted by Gasteiger charge is 2.11. The van der Waals surface area contributed by atoms with Crippen molar-refractivity contribution in [3.8, 4) is 0 Å². The number of imidazole rings is 1. The molecule has 0 aliphatic rings. The average molecular weight is 364 g/mol. The highest BCUT2D eigenvalue weighted by atomic mass is 32.3. The Morgan fingerprint density at radius 2 is 1.84 bits per heavy atom. The maximum Gasteiger partial charge on any atom is 0.394 e. The molecule has 1 atom stereocenters. The average Bonchev–Trinajstić information content (AvgIpc) is 3.07. The van der Waals surface area contributed by atoms with Crippen LogP contribution in [0.5, 0.6) is 0 Å². The zero-order valence-electron chi connectivity index (χ0n) is 13.7.